The maximum Gasteiger partial charge on any atom is 0.236 e. The monoisotopic (exact) mass is 433 g/mol. The van der Waals surface area contributed by atoms with Crippen LogP contribution in [0, 0.1) is 18.7 Å². The molecule has 10 heteroatoms. The molecule has 0 aliphatic heterocycles. The molecule has 1 atom stereocenters. The molecular weight excluding hydrogens is 409 g/mol. The van der Waals surface area contributed by atoms with E-state index in [2.05, 4.69) is 34.5 Å². The minimum absolute atomic E-state index is 0.130. The Balaban J connectivity index is 1.71. The highest BCUT2D eigenvalue weighted by Crippen LogP contribution is 2.27. The van der Waals surface area contributed by atoms with Gasteiger partial charge in [0, 0.05) is 12.6 Å². The predicted molar refractivity (Wildman–Crippen MR) is 111 cm³/mol. The summed E-state index contributed by atoms with van der Waals surface area (Å²) in [6, 6.07) is 7.87. The highest BCUT2D eigenvalue weighted by atomic mass is 32.2. The van der Waals surface area contributed by atoms with Crippen LogP contribution in [-0.2, 0) is 11.3 Å². The van der Waals surface area contributed by atoms with Gasteiger partial charge in [0.1, 0.15) is 5.76 Å². The molecule has 160 valence electrons. The molecular formula is C20H24FN5O3S. The number of halogens is 1. The first-order valence-corrected chi connectivity index (χ1v) is 10.5. The first-order valence-electron chi connectivity index (χ1n) is 9.53. The second-order valence-corrected chi connectivity index (χ2v) is 8.14. The Morgan fingerprint density at radius 3 is 2.73 bits per heavy atom. The zero-order chi connectivity index (χ0) is 21.7. The molecule has 1 unspecified atom stereocenters. The number of para-hydroxylation sites is 1. The van der Waals surface area contributed by atoms with Crippen LogP contribution in [0.25, 0.3) is 0 Å². The summed E-state index contributed by atoms with van der Waals surface area (Å²) in [6.07, 6.45) is -0.519. The summed E-state index contributed by atoms with van der Waals surface area (Å²) in [5.41, 5.74) is 0. The van der Waals surface area contributed by atoms with E-state index in [1.807, 2.05) is 4.57 Å². The topological polar surface area (TPSA) is 95.1 Å². The normalized spacial score (nSPS) is 12.2. The van der Waals surface area contributed by atoms with E-state index in [1.54, 1.807) is 38.1 Å². The van der Waals surface area contributed by atoms with Gasteiger partial charge in [-0.05, 0) is 31.9 Å². The van der Waals surface area contributed by atoms with Gasteiger partial charge in [0.15, 0.2) is 34.5 Å². The predicted octanol–water partition coefficient (Wildman–Crippen LogP) is 4.24. The van der Waals surface area contributed by atoms with Gasteiger partial charge in [-0.3, -0.25) is 4.79 Å². The van der Waals surface area contributed by atoms with E-state index in [0.29, 0.717) is 35.0 Å². The molecule has 1 aromatic carbocycles. The maximum absolute atomic E-state index is 13.9. The van der Waals surface area contributed by atoms with Crippen molar-refractivity contribution in [2.45, 2.75) is 45.5 Å². The van der Waals surface area contributed by atoms with Crippen molar-refractivity contribution >= 4 is 23.5 Å². The van der Waals surface area contributed by atoms with E-state index in [9.17, 15) is 9.18 Å². The van der Waals surface area contributed by atoms with E-state index < -0.39 is 11.9 Å². The first kappa shape index (κ1) is 21.8. The molecule has 1 amide bonds. The Morgan fingerprint density at radius 1 is 1.30 bits per heavy atom. The smallest absolute Gasteiger partial charge is 0.236 e. The molecule has 2 heterocycles. The van der Waals surface area contributed by atoms with E-state index >= 15 is 0 Å². The number of hydrogen-bond acceptors (Lipinski definition) is 7. The molecule has 0 spiro atoms. The van der Waals surface area contributed by atoms with Crippen molar-refractivity contribution in [2.75, 3.05) is 11.1 Å². The van der Waals surface area contributed by atoms with Crippen LogP contribution in [0.4, 0.5) is 10.2 Å². The summed E-state index contributed by atoms with van der Waals surface area (Å²) in [6.45, 7) is 8.32. The Labute approximate surface area is 178 Å². The number of carbonyl (C=O) groups is 1. The number of carbonyl (C=O) groups excluding carboxylic acids is 1. The molecule has 1 N–H and O–H groups in total. The lowest BCUT2D eigenvalue weighted by atomic mass is 10.2. The van der Waals surface area contributed by atoms with Crippen molar-refractivity contribution < 1.29 is 18.4 Å². The summed E-state index contributed by atoms with van der Waals surface area (Å²) in [5, 5.41) is 15.5. The minimum Gasteiger partial charge on any atom is -0.480 e. The van der Waals surface area contributed by atoms with Crippen LogP contribution < -0.4 is 10.1 Å². The number of ether oxygens (including phenoxy) is 1. The molecule has 0 bridgehead atoms. The van der Waals surface area contributed by atoms with Gasteiger partial charge in [0.05, 0.1) is 5.75 Å². The molecule has 0 aliphatic rings. The number of benzene rings is 1. The molecule has 0 saturated carbocycles. The quantitative estimate of drug-likeness (QED) is 0.504. The third-order valence-electron chi connectivity index (χ3n) is 4.02. The van der Waals surface area contributed by atoms with Crippen LogP contribution in [0.1, 0.15) is 38.5 Å². The summed E-state index contributed by atoms with van der Waals surface area (Å²) in [5.74, 6) is 1.48. The number of amides is 1. The van der Waals surface area contributed by atoms with Crippen molar-refractivity contribution in [3.8, 4) is 5.75 Å². The van der Waals surface area contributed by atoms with Crippen LogP contribution in [0.15, 0.2) is 40.0 Å². The fourth-order valence-electron chi connectivity index (χ4n) is 2.76. The second-order valence-electron chi connectivity index (χ2n) is 7.20. The van der Waals surface area contributed by atoms with E-state index in [1.165, 1.54) is 17.8 Å². The summed E-state index contributed by atoms with van der Waals surface area (Å²) in [7, 11) is 0. The molecule has 3 rings (SSSR count). The lowest BCUT2D eigenvalue weighted by Gasteiger charge is -2.18. The molecule has 30 heavy (non-hydrogen) atoms. The van der Waals surface area contributed by atoms with Crippen LogP contribution in [0.3, 0.4) is 0 Å². The molecule has 0 fully saturated rings. The van der Waals surface area contributed by atoms with Gasteiger partial charge in [-0.15, -0.1) is 10.2 Å². The first-order chi connectivity index (χ1) is 14.3. The molecule has 8 nitrogen and oxygen atoms in total. The molecule has 0 radical (unpaired) electrons. The lowest BCUT2D eigenvalue weighted by Crippen LogP contribution is -2.17. The summed E-state index contributed by atoms with van der Waals surface area (Å²) >= 11 is 1.26. The van der Waals surface area contributed by atoms with Gasteiger partial charge < -0.3 is 19.1 Å². The highest BCUT2D eigenvalue weighted by molar-refractivity contribution is 7.99. The molecule has 2 aromatic heterocycles. The summed E-state index contributed by atoms with van der Waals surface area (Å²) in [4.78, 5) is 12.2. The SMILES string of the molecule is Cc1cc(NC(=O)CSc2nnc(C(C)Oc3ccccc3F)n2CC(C)C)no1. The average molecular weight is 434 g/mol. The largest absolute Gasteiger partial charge is 0.480 e. The average Bonchev–Trinajstić information content (AvgIpc) is 3.27. The number of rotatable bonds is 9. The second kappa shape index (κ2) is 9.75. The van der Waals surface area contributed by atoms with Crippen LogP contribution in [-0.4, -0.2) is 31.6 Å². The number of hydrogen-bond donors (Lipinski definition) is 1. The summed E-state index contributed by atoms with van der Waals surface area (Å²) < 4.78 is 26.6. The number of aryl methyl sites for hydroxylation is 1. The molecule has 0 aliphatic carbocycles. The molecule has 0 saturated heterocycles. The van der Waals surface area contributed by atoms with E-state index in [4.69, 9.17) is 9.26 Å². The van der Waals surface area contributed by atoms with Crippen molar-refractivity contribution in [3.05, 3.63) is 47.7 Å². The van der Waals surface area contributed by atoms with Gasteiger partial charge in [-0.1, -0.05) is 42.9 Å². The van der Waals surface area contributed by atoms with E-state index in [0.717, 1.165) is 0 Å². The minimum atomic E-state index is -0.519. The number of aromatic nitrogens is 4. The maximum atomic E-state index is 13.9. The van der Waals surface area contributed by atoms with Gasteiger partial charge in [-0.25, -0.2) is 4.39 Å². The van der Waals surface area contributed by atoms with Crippen molar-refractivity contribution in [1.82, 2.24) is 19.9 Å². The van der Waals surface area contributed by atoms with Gasteiger partial charge in [0.2, 0.25) is 5.91 Å². The van der Waals surface area contributed by atoms with Crippen molar-refractivity contribution in [1.29, 1.82) is 0 Å². The third kappa shape index (κ3) is 5.59. The van der Waals surface area contributed by atoms with Crippen LogP contribution >= 0.6 is 11.8 Å². The zero-order valence-electron chi connectivity index (χ0n) is 17.3. The van der Waals surface area contributed by atoms with Gasteiger partial charge in [0.25, 0.3) is 0 Å². The fourth-order valence-corrected chi connectivity index (χ4v) is 3.52. The van der Waals surface area contributed by atoms with Gasteiger partial charge in [-0.2, -0.15) is 0 Å². The van der Waals surface area contributed by atoms with Crippen LogP contribution in [0.2, 0.25) is 0 Å². The van der Waals surface area contributed by atoms with Crippen molar-refractivity contribution in [3.63, 3.8) is 0 Å². The Bertz CT molecular complexity index is 1000. The highest BCUT2D eigenvalue weighted by Gasteiger charge is 2.22. The van der Waals surface area contributed by atoms with E-state index in [-0.39, 0.29) is 17.4 Å². The standard InChI is InChI=1S/C20H24FN5O3S/c1-12(2)10-26-19(14(4)28-16-8-6-5-7-15(16)21)23-24-20(26)30-11-18(27)22-17-9-13(3)29-25-17/h5-9,12,14H,10-11H2,1-4H3,(H,22,25,27). The molecule has 3 aromatic rings. The number of thioether (sulfide) groups is 1. The lowest BCUT2D eigenvalue weighted by molar-refractivity contribution is -0.113. The van der Waals surface area contributed by atoms with Crippen LogP contribution in [0.5, 0.6) is 5.75 Å². The Kier molecular flexibility index (Phi) is 7.09. The Morgan fingerprint density at radius 2 is 2.07 bits per heavy atom. The number of nitrogens with zero attached hydrogens (tertiary/aromatic N) is 4. The number of nitrogens with one attached hydrogen (secondary N) is 1. The zero-order valence-corrected chi connectivity index (χ0v) is 18.1. The van der Waals surface area contributed by atoms with Gasteiger partial charge >= 0.3 is 0 Å². The number of anilines is 1. The Hall–Kier alpha value is -2.88. The van der Waals surface area contributed by atoms with Crippen molar-refractivity contribution in [2.24, 2.45) is 5.92 Å². The third-order valence-corrected chi connectivity index (χ3v) is 4.99. The fraction of sp³-hybridized carbons (Fsp3) is 0.400.